The fraction of sp³-hybridized carbons (Fsp3) is 0.636. The molecule has 0 aliphatic heterocycles. The van der Waals surface area contributed by atoms with E-state index in [0.717, 1.165) is 24.1 Å². The Morgan fingerprint density at radius 2 is 2.33 bits per heavy atom. The van der Waals surface area contributed by atoms with Gasteiger partial charge in [0.25, 0.3) is 0 Å². The molecule has 0 unspecified atom stereocenters. The fourth-order valence-corrected chi connectivity index (χ4v) is 2.10. The predicted molar refractivity (Wildman–Crippen MR) is 55.9 cm³/mol. The first-order valence-electron chi connectivity index (χ1n) is 5.31. The van der Waals surface area contributed by atoms with Gasteiger partial charge >= 0.3 is 5.97 Å². The van der Waals surface area contributed by atoms with E-state index in [9.17, 15) is 4.79 Å². The molecule has 2 rings (SSSR count). The number of H-pyrrole nitrogens is 1. The van der Waals surface area contributed by atoms with Gasteiger partial charge in [0, 0.05) is 11.0 Å². The molecule has 0 saturated carbocycles. The van der Waals surface area contributed by atoms with Crippen molar-refractivity contribution in [1.82, 2.24) is 10.2 Å². The van der Waals surface area contributed by atoms with Crippen molar-refractivity contribution >= 4 is 5.97 Å². The van der Waals surface area contributed by atoms with E-state index in [1.807, 2.05) is 0 Å². The first-order chi connectivity index (χ1) is 7.06. The molecule has 1 heterocycles. The van der Waals surface area contributed by atoms with Gasteiger partial charge in [-0.2, -0.15) is 5.10 Å². The average Bonchev–Trinajstić information content (AvgIpc) is 2.69. The van der Waals surface area contributed by atoms with Crippen LogP contribution in [0.3, 0.4) is 0 Å². The Bertz CT molecular complexity index is 393. The number of nitrogens with one attached hydrogen (secondary N) is 1. The van der Waals surface area contributed by atoms with Gasteiger partial charge in [-0.25, -0.2) is 4.79 Å². The van der Waals surface area contributed by atoms with Crippen molar-refractivity contribution in [2.24, 2.45) is 0 Å². The smallest absolute Gasteiger partial charge is 0.356 e. The quantitative estimate of drug-likeness (QED) is 0.754. The number of rotatable bonds is 2. The highest BCUT2D eigenvalue weighted by molar-refractivity contribution is 5.89. The Hall–Kier alpha value is -1.32. The molecule has 1 N–H and O–H groups in total. The summed E-state index contributed by atoms with van der Waals surface area (Å²) < 4.78 is 4.97. The fourth-order valence-electron chi connectivity index (χ4n) is 2.10. The van der Waals surface area contributed by atoms with E-state index in [1.165, 1.54) is 0 Å². The third-order valence-corrected chi connectivity index (χ3v) is 2.99. The topological polar surface area (TPSA) is 55.0 Å². The molecule has 0 bridgehead atoms. The maximum Gasteiger partial charge on any atom is 0.356 e. The summed E-state index contributed by atoms with van der Waals surface area (Å²) in [6, 6.07) is 0. The van der Waals surface area contributed by atoms with Crippen LogP contribution in [0.1, 0.15) is 48.9 Å². The van der Waals surface area contributed by atoms with Crippen molar-refractivity contribution in [2.45, 2.75) is 39.0 Å². The second-order valence-electron chi connectivity index (χ2n) is 4.53. The first-order valence-corrected chi connectivity index (χ1v) is 5.31. The molecule has 4 nitrogen and oxygen atoms in total. The van der Waals surface area contributed by atoms with Crippen molar-refractivity contribution in [3.8, 4) is 0 Å². The number of aromatic amines is 1. The predicted octanol–water partition coefficient (Wildman–Crippen LogP) is 1.81. The molecular weight excluding hydrogens is 192 g/mol. The third-order valence-electron chi connectivity index (χ3n) is 2.99. The number of carbonyl (C=O) groups excluding carboxylic acids is 1. The van der Waals surface area contributed by atoms with Gasteiger partial charge in [-0.1, -0.05) is 13.8 Å². The van der Waals surface area contributed by atoms with Gasteiger partial charge < -0.3 is 4.74 Å². The van der Waals surface area contributed by atoms with E-state index < -0.39 is 0 Å². The Kier molecular flexibility index (Phi) is 2.29. The highest BCUT2D eigenvalue weighted by Gasteiger charge is 2.36. The number of ether oxygens (including phenoxy) is 1. The summed E-state index contributed by atoms with van der Waals surface area (Å²) in [5, 5.41) is 7.02. The molecule has 0 saturated heterocycles. The summed E-state index contributed by atoms with van der Waals surface area (Å²) in [4.78, 5) is 11.6. The van der Waals surface area contributed by atoms with Crippen molar-refractivity contribution in [3.63, 3.8) is 0 Å². The lowest BCUT2D eigenvalue weighted by Crippen LogP contribution is -2.12. The maximum absolute atomic E-state index is 11.6. The summed E-state index contributed by atoms with van der Waals surface area (Å²) in [5.74, 6) is -0.288. The summed E-state index contributed by atoms with van der Waals surface area (Å²) in [7, 11) is 0. The number of hydrogen-bond donors (Lipinski definition) is 1. The van der Waals surface area contributed by atoms with Gasteiger partial charge in [0.05, 0.1) is 12.3 Å². The van der Waals surface area contributed by atoms with Crippen molar-refractivity contribution in [1.29, 1.82) is 0 Å². The van der Waals surface area contributed by atoms with Gasteiger partial charge in [-0.15, -0.1) is 0 Å². The number of esters is 1. The molecule has 1 aliphatic carbocycles. The largest absolute Gasteiger partial charge is 0.461 e. The van der Waals surface area contributed by atoms with Gasteiger partial charge in [0.1, 0.15) is 5.69 Å². The number of fused-ring (bicyclic) bond motifs is 1. The number of carbonyl (C=O) groups is 1. The Balaban J connectivity index is 2.34. The van der Waals surface area contributed by atoms with E-state index in [0.29, 0.717) is 12.3 Å². The van der Waals surface area contributed by atoms with Crippen LogP contribution < -0.4 is 0 Å². The number of hydrogen-bond acceptors (Lipinski definition) is 3. The van der Waals surface area contributed by atoms with E-state index in [1.54, 1.807) is 6.92 Å². The second kappa shape index (κ2) is 3.36. The van der Waals surface area contributed by atoms with Crippen LogP contribution in [0.25, 0.3) is 0 Å². The lowest BCUT2D eigenvalue weighted by Gasteiger charge is -2.14. The van der Waals surface area contributed by atoms with Crippen LogP contribution in [0.2, 0.25) is 0 Å². The van der Waals surface area contributed by atoms with Crippen molar-refractivity contribution in [2.75, 3.05) is 6.61 Å². The normalized spacial score (nSPS) is 17.5. The van der Waals surface area contributed by atoms with Crippen LogP contribution in [0.15, 0.2) is 0 Å². The zero-order chi connectivity index (χ0) is 11.1. The molecular formula is C11H16N2O2. The standard InChI is InChI=1S/C11H16N2O2/c1-4-15-10(14)8-7-5-6-11(2,3)9(7)13-12-8/h4-6H2,1-3H3,(H,12,13). The van der Waals surface area contributed by atoms with E-state index in [-0.39, 0.29) is 11.4 Å². The molecule has 0 aromatic carbocycles. The molecule has 82 valence electrons. The Morgan fingerprint density at radius 1 is 1.60 bits per heavy atom. The molecule has 0 atom stereocenters. The Labute approximate surface area is 89.0 Å². The highest BCUT2D eigenvalue weighted by Crippen LogP contribution is 2.38. The van der Waals surface area contributed by atoms with Gasteiger partial charge in [0.15, 0.2) is 0 Å². The highest BCUT2D eigenvalue weighted by atomic mass is 16.5. The first kappa shape index (κ1) is 10.2. The van der Waals surface area contributed by atoms with Crippen LogP contribution in [0, 0.1) is 0 Å². The van der Waals surface area contributed by atoms with Crippen molar-refractivity contribution < 1.29 is 9.53 Å². The minimum Gasteiger partial charge on any atom is -0.461 e. The van der Waals surface area contributed by atoms with Crippen LogP contribution in [-0.2, 0) is 16.6 Å². The molecule has 1 aromatic heterocycles. The van der Waals surface area contributed by atoms with Gasteiger partial charge in [-0.05, 0) is 19.8 Å². The maximum atomic E-state index is 11.6. The van der Waals surface area contributed by atoms with E-state index in [2.05, 4.69) is 24.0 Å². The molecule has 1 aliphatic rings. The number of nitrogens with zero attached hydrogens (tertiary/aromatic N) is 1. The lowest BCUT2D eigenvalue weighted by atomic mass is 9.91. The van der Waals surface area contributed by atoms with Gasteiger partial charge in [-0.3, -0.25) is 5.10 Å². The molecule has 0 radical (unpaired) electrons. The number of aromatic nitrogens is 2. The molecule has 15 heavy (non-hydrogen) atoms. The van der Waals surface area contributed by atoms with Crippen LogP contribution in [0.5, 0.6) is 0 Å². The van der Waals surface area contributed by atoms with Crippen LogP contribution >= 0.6 is 0 Å². The monoisotopic (exact) mass is 208 g/mol. The zero-order valence-corrected chi connectivity index (χ0v) is 9.39. The zero-order valence-electron chi connectivity index (χ0n) is 9.39. The molecule has 1 aromatic rings. The van der Waals surface area contributed by atoms with Gasteiger partial charge in [0.2, 0.25) is 0 Å². The van der Waals surface area contributed by atoms with E-state index >= 15 is 0 Å². The minimum atomic E-state index is -0.288. The molecule has 4 heteroatoms. The van der Waals surface area contributed by atoms with E-state index in [4.69, 9.17) is 4.74 Å². The minimum absolute atomic E-state index is 0.0799. The summed E-state index contributed by atoms with van der Waals surface area (Å²) in [5.41, 5.74) is 2.68. The van der Waals surface area contributed by atoms with Crippen LogP contribution in [0.4, 0.5) is 0 Å². The SMILES string of the molecule is CCOC(=O)c1[nH]nc2c1CCC2(C)C. The van der Waals surface area contributed by atoms with Crippen LogP contribution in [-0.4, -0.2) is 22.8 Å². The molecule has 0 fully saturated rings. The second-order valence-corrected chi connectivity index (χ2v) is 4.53. The lowest BCUT2D eigenvalue weighted by molar-refractivity contribution is 0.0518. The summed E-state index contributed by atoms with van der Waals surface area (Å²) in [6.45, 7) is 6.50. The average molecular weight is 208 g/mol. The molecule has 0 spiro atoms. The third kappa shape index (κ3) is 1.54. The molecule has 0 amide bonds. The van der Waals surface area contributed by atoms with Crippen molar-refractivity contribution in [3.05, 3.63) is 17.0 Å². The summed E-state index contributed by atoms with van der Waals surface area (Å²) in [6.07, 6.45) is 1.96. The summed E-state index contributed by atoms with van der Waals surface area (Å²) >= 11 is 0. The Morgan fingerprint density at radius 3 is 3.00 bits per heavy atom.